The molecule has 0 unspecified atom stereocenters. The molecule has 0 spiro atoms. The molecule has 0 saturated heterocycles. The van der Waals surface area contributed by atoms with Crippen molar-refractivity contribution in [2.24, 2.45) is 0 Å². The molecule has 15 heavy (non-hydrogen) atoms. The Bertz CT molecular complexity index is 305. The summed E-state index contributed by atoms with van der Waals surface area (Å²) in [5, 5.41) is 9.09. The molecule has 0 aliphatic heterocycles. The maximum Gasteiger partial charge on any atom is 0.120 e. The first-order chi connectivity index (χ1) is 7.24. The van der Waals surface area contributed by atoms with Crippen LogP contribution in [0.2, 0.25) is 5.02 Å². The van der Waals surface area contributed by atoms with Gasteiger partial charge in [-0.15, -0.1) is 0 Å². The monoisotopic (exact) mass is 229 g/mol. The number of benzene rings is 1. The smallest absolute Gasteiger partial charge is 0.120 e. The summed E-state index contributed by atoms with van der Waals surface area (Å²) in [5.74, 6) is 0.734. The van der Waals surface area contributed by atoms with E-state index in [4.69, 9.17) is 27.2 Å². The molecule has 0 radical (unpaired) electrons. The van der Waals surface area contributed by atoms with Crippen molar-refractivity contribution in [3.8, 4) is 5.75 Å². The van der Waals surface area contributed by atoms with E-state index in [0.29, 0.717) is 17.3 Å². The van der Waals surface area contributed by atoms with Crippen molar-refractivity contribution in [2.45, 2.75) is 19.3 Å². The predicted molar refractivity (Wildman–Crippen MR) is 62.3 cm³/mol. The number of aliphatic hydroxyl groups excluding tert-OH is 1. The predicted octanol–water partition coefficient (Wildman–Crippen LogP) is 2.46. The summed E-state index contributed by atoms with van der Waals surface area (Å²) >= 11 is 5.84. The summed E-state index contributed by atoms with van der Waals surface area (Å²) in [6.07, 6.45) is 2.73. The second-order valence-corrected chi connectivity index (χ2v) is 3.72. The SMILES string of the molecule is Nc1ccc(OCCCCCO)cc1Cl. The van der Waals surface area contributed by atoms with Crippen LogP contribution in [-0.2, 0) is 0 Å². The van der Waals surface area contributed by atoms with Gasteiger partial charge in [-0.3, -0.25) is 0 Å². The number of nitrogens with two attached hydrogens (primary N) is 1. The Morgan fingerprint density at radius 1 is 1.27 bits per heavy atom. The van der Waals surface area contributed by atoms with Crippen LogP contribution >= 0.6 is 11.6 Å². The van der Waals surface area contributed by atoms with Crippen molar-refractivity contribution in [3.63, 3.8) is 0 Å². The van der Waals surface area contributed by atoms with Gasteiger partial charge in [0.1, 0.15) is 5.75 Å². The van der Waals surface area contributed by atoms with Crippen molar-refractivity contribution in [1.82, 2.24) is 0 Å². The zero-order valence-corrected chi connectivity index (χ0v) is 9.33. The molecule has 0 fully saturated rings. The lowest BCUT2D eigenvalue weighted by Gasteiger charge is -2.06. The summed E-state index contributed by atoms with van der Waals surface area (Å²) in [4.78, 5) is 0. The molecule has 0 atom stereocenters. The summed E-state index contributed by atoms with van der Waals surface area (Å²) in [6.45, 7) is 0.883. The highest BCUT2D eigenvalue weighted by molar-refractivity contribution is 6.33. The van der Waals surface area contributed by atoms with Crippen LogP contribution < -0.4 is 10.5 Å². The molecule has 0 heterocycles. The first-order valence-electron chi connectivity index (χ1n) is 5.02. The van der Waals surface area contributed by atoms with Crippen LogP contribution in [0.4, 0.5) is 5.69 Å². The number of ether oxygens (including phenoxy) is 1. The van der Waals surface area contributed by atoms with Gasteiger partial charge in [0.15, 0.2) is 0 Å². The molecule has 84 valence electrons. The fourth-order valence-corrected chi connectivity index (χ4v) is 1.35. The van der Waals surface area contributed by atoms with Crippen molar-refractivity contribution >= 4 is 17.3 Å². The van der Waals surface area contributed by atoms with Crippen LogP contribution in [0.15, 0.2) is 18.2 Å². The van der Waals surface area contributed by atoms with E-state index < -0.39 is 0 Å². The van der Waals surface area contributed by atoms with E-state index in [1.165, 1.54) is 0 Å². The first kappa shape index (κ1) is 12.1. The molecule has 3 N–H and O–H groups in total. The van der Waals surface area contributed by atoms with E-state index in [1.807, 2.05) is 0 Å². The maximum absolute atomic E-state index is 8.58. The number of hydrogen-bond donors (Lipinski definition) is 2. The normalized spacial score (nSPS) is 10.3. The molecule has 0 aliphatic rings. The lowest BCUT2D eigenvalue weighted by Crippen LogP contribution is -1.98. The number of unbranched alkanes of at least 4 members (excludes halogenated alkanes) is 2. The Hall–Kier alpha value is -0.930. The van der Waals surface area contributed by atoms with E-state index in [0.717, 1.165) is 25.0 Å². The highest BCUT2D eigenvalue weighted by Gasteiger charge is 1.98. The lowest BCUT2D eigenvalue weighted by molar-refractivity contribution is 0.266. The summed E-state index contributed by atoms with van der Waals surface area (Å²) in [5.41, 5.74) is 6.13. The second kappa shape index (κ2) is 6.53. The van der Waals surface area contributed by atoms with E-state index >= 15 is 0 Å². The minimum Gasteiger partial charge on any atom is -0.494 e. The molecule has 1 rings (SSSR count). The Morgan fingerprint density at radius 2 is 2.07 bits per heavy atom. The summed E-state index contributed by atoms with van der Waals surface area (Å²) < 4.78 is 5.47. The third-order valence-electron chi connectivity index (χ3n) is 2.04. The largest absolute Gasteiger partial charge is 0.494 e. The van der Waals surface area contributed by atoms with Crippen LogP contribution in [0.3, 0.4) is 0 Å². The molecule has 1 aromatic rings. The van der Waals surface area contributed by atoms with Crippen molar-refractivity contribution < 1.29 is 9.84 Å². The van der Waals surface area contributed by atoms with Gasteiger partial charge >= 0.3 is 0 Å². The van der Waals surface area contributed by atoms with Crippen LogP contribution in [0.25, 0.3) is 0 Å². The standard InChI is InChI=1S/C11H16ClNO2/c12-10-8-9(4-5-11(10)13)15-7-3-1-2-6-14/h4-5,8,14H,1-3,6-7,13H2. The molecule has 0 amide bonds. The van der Waals surface area contributed by atoms with Crippen LogP contribution in [0.5, 0.6) is 5.75 Å². The number of nitrogen functional groups attached to an aromatic ring is 1. The van der Waals surface area contributed by atoms with E-state index in [9.17, 15) is 0 Å². The Balaban J connectivity index is 2.28. The minimum absolute atomic E-state index is 0.244. The molecule has 3 nitrogen and oxygen atoms in total. The molecular weight excluding hydrogens is 214 g/mol. The van der Waals surface area contributed by atoms with E-state index in [-0.39, 0.29) is 6.61 Å². The maximum atomic E-state index is 8.58. The van der Waals surface area contributed by atoms with Crippen LogP contribution in [0, 0.1) is 0 Å². The molecule has 0 aliphatic carbocycles. The minimum atomic E-state index is 0.244. The van der Waals surface area contributed by atoms with E-state index in [2.05, 4.69) is 0 Å². The van der Waals surface area contributed by atoms with Gasteiger partial charge in [0.25, 0.3) is 0 Å². The zero-order valence-electron chi connectivity index (χ0n) is 8.58. The van der Waals surface area contributed by atoms with Gasteiger partial charge in [-0.2, -0.15) is 0 Å². The summed E-state index contributed by atoms with van der Waals surface area (Å²) in [7, 11) is 0. The highest BCUT2D eigenvalue weighted by Crippen LogP contribution is 2.24. The quantitative estimate of drug-likeness (QED) is 0.582. The van der Waals surface area contributed by atoms with Gasteiger partial charge in [-0.25, -0.2) is 0 Å². The number of rotatable bonds is 6. The van der Waals surface area contributed by atoms with E-state index in [1.54, 1.807) is 18.2 Å². The second-order valence-electron chi connectivity index (χ2n) is 3.32. The fraction of sp³-hybridized carbons (Fsp3) is 0.455. The van der Waals surface area contributed by atoms with Crippen LogP contribution in [-0.4, -0.2) is 18.3 Å². The van der Waals surface area contributed by atoms with Crippen LogP contribution in [0.1, 0.15) is 19.3 Å². The Morgan fingerprint density at radius 3 is 2.73 bits per heavy atom. The zero-order chi connectivity index (χ0) is 11.1. The molecule has 4 heteroatoms. The average molecular weight is 230 g/mol. The third kappa shape index (κ3) is 4.40. The van der Waals surface area contributed by atoms with Crippen molar-refractivity contribution in [1.29, 1.82) is 0 Å². The van der Waals surface area contributed by atoms with Crippen molar-refractivity contribution in [2.75, 3.05) is 18.9 Å². The Labute approximate surface area is 94.8 Å². The van der Waals surface area contributed by atoms with Gasteiger partial charge in [-0.1, -0.05) is 11.6 Å². The summed E-state index contributed by atoms with van der Waals surface area (Å²) in [6, 6.07) is 5.24. The molecular formula is C11H16ClNO2. The molecule has 0 bridgehead atoms. The van der Waals surface area contributed by atoms with Gasteiger partial charge < -0.3 is 15.6 Å². The Kier molecular flexibility index (Phi) is 5.29. The van der Waals surface area contributed by atoms with Crippen molar-refractivity contribution in [3.05, 3.63) is 23.2 Å². The van der Waals surface area contributed by atoms with Gasteiger partial charge in [-0.05, 0) is 31.4 Å². The average Bonchev–Trinajstić information content (AvgIpc) is 2.23. The lowest BCUT2D eigenvalue weighted by atomic mass is 10.2. The number of halogens is 1. The number of aliphatic hydroxyl groups is 1. The molecule has 0 saturated carbocycles. The number of anilines is 1. The molecule has 1 aromatic carbocycles. The first-order valence-corrected chi connectivity index (χ1v) is 5.40. The van der Waals surface area contributed by atoms with Gasteiger partial charge in [0, 0.05) is 12.7 Å². The molecule has 0 aromatic heterocycles. The fourth-order valence-electron chi connectivity index (χ4n) is 1.18. The highest BCUT2D eigenvalue weighted by atomic mass is 35.5. The third-order valence-corrected chi connectivity index (χ3v) is 2.37. The number of hydrogen-bond acceptors (Lipinski definition) is 3. The topological polar surface area (TPSA) is 55.5 Å². The van der Waals surface area contributed by atoms with Gasteiger partial charge in [0.2, 0.25) is 0 Å². The van der Waals surface area contributed by atoms with Gasteiger partial charge in [0.05, 0.1) is 17.3 Å².